The highest BCUT2D eigenvalue weighted by Crippen LogP contribution is 2.25. The summed E-state index contributed by atoms with van der Waals surface area (Å²) in [6, 6.07) is 17.0. The summed E-state index contributed by atoms with van der Waals surface area (Å²) in [4.78, 5) is 1.32. The third-order valence-corrected chi connectivity index (χ3v) is 4.16. The zero-order valence-corrected chi connectivity index (χ0v) is 12.8. The lowest BCUT2D eigenvalue weighted by Crippen LogP contribution is -2.17. The van der Waals surface area contributed by atoms with E-state index in [1.54, 1.807) is 0 Å². The molecule has 19 heavy (non-hydrogen) atoms. The first-order valence-corrected chi connectivity index (χ1v) is 7.76. The highest BCUT2D eigenvalue weighted by atomic mass is 35.5. The van der Waals surface area contributed by atoms with Crippen molar-refractivity contribution in [2.24, 2.45) is 0 Å². The van der Waals surface area contributed by atoms with Crippen LogP contribution < -0.4 is 5.32 Å². The Hall–Kier alpha value is -0.960. The molecule has 0 amide bonds. The van der Waals surface area contributed by atoms with Crippen molar-refractivity contribution < 1.29 is 0 Å². The molecule has 1 N–H and O–H groups in total. The molecule has 2 aromatic carbocycles. The lowest BCUT2D eigenvalue weighted by atomic mass is 9.99. The van der Waals surface area contributed by atoms with Gasteiger partial charge in [0.1, 0.15) is 0 Å². The Balaban J connectivity index is 2.23. The predicted octanol–water partition coefficient (Wildman–Crippen LogP) is 4.76. The Morgan fingerprint density at radius 2 is 1.53 bits per heavy atom. The second-order valence-corrected chi connectivity index (χ2v) is 6.05. The minimum absolute atomic E-state index is 0.206. The van der Waals surface area contributed by atoms with Gasteiger partial charge in [-0.25, -0.2) is 0 Å². The molecule has 0 aromatic heterocycles. The molecule has 0 saturated heterocycles. The van der Waals surface area contributed by atoms with Gasteiger partial charge in [0.05, 0.1) is 6.04 Å². The Morgan fingerprint density at radius 3 is 2.00 bits per heavy atom. The van der Waals surface area contributed by atoms with Crippen LogP contribution in [0.3, 0.4) is 0 Å². The molecule has 0 aliphatic rings. The molecule has 3 heteroatoms. The van der Waals surface area contributed by atoms with Crippen LogP contribution in [0.4, 0.5) is 0 Å². The molecule has 0 saturated carbocycles. The third kappa shape index (κ3) is 3.75. The molecule has 1 atom stereocenters. The molecule has 0 aliphatic heterocycles. The lowest BCUT2D eigenvalue weighted by molar-refractivity contribution is 0.691. The second kappa shape index (κ2) is 6.99. The molecule has 0 fully saturated rings. The monoisotopic (exact) mass is 291 g/mol. The van der Waals surface area contributed by atoms with Gasteiger partial charge >= 0.3 is 0 Å². The van der Waals surface area contributed by atoms with Crippen molar-refractivity contribution in [3.8, 4) is 0 Å². The quantitative estimate of drug-likeness (QED) is 0.797. The standard InChI is InChI=1S/C16H18ClNS/c1-3-19-15-10-6-13(7-11-15)16(18-2)12-4-8-14(17)9-5-12/h4-11,16,18H,3H2,1-2H3. The van der Waals surface area contributed by atoms with E-state index in [0.717, 1.165) is 10.8 Å². The predicted molar refractivity (Wildman–Crippen MR) is 85.2 cm³/mol. The molecule has 1 unspecified atom stereocenters. The first-order valence-electron chi connectivity index (χ1n) is 6.40. The van der Waals surface area contributed by atoms with Gasteiger partial charge in [0.25, 0.3) is 0 Å². The van der Waals surface area contributed by atoms with Crippen LogP contribution in [-0.4, -0.2) is 12.8 Å². The Morgan fingerprint density at radius 1 is 1.00 bits per heavy atom. The average molecular weight is 292 g/mol. The van der Waals surface area contributed by atoms with Crippen LogP contribution in [0.2, 0.25) is 5.02 Å². The van der Waals surface area contributed by atoms with E-state index in [9.17, 15) is 0 Å². The van der Waals surface area contributed by atoms with E-state index in [1.165, 1.54) is 16.0 Å². The topological polar surface area (TPSA) is 12.0 Å². The van der Waals surface area contributed by atoms with Crippen molar-refractivity contribution in [2.75, 3.05) is 12.8 Å². The normalized spacial score (nSPS) is 12.4. The molecule has 0 heterocycles. The van der Waals surface area contributed by atoms with Crippen molar-refractivity contribution in [2.45, 2.75) is 17.9 Å². The number of rotatable bonds is 5. The zero-order valence-electron chi connectivity index (χ0n) is 11.2. The SMILES string of the molecule is CCSc1ccc(C(NC)c2ccc(Cl)cc2)cc1. The second-order valence-electron chi connectivity index (χ2n) is 4.28. The Kier molecular flexibility index (Phi) is 5.32. The van der Waals surface area contributed by atoms with Crippen molar-refractivity contribution in [3.63, 3.8) is 0 Å². The van der Waals surface area contributed by atoms with E-state index in [4.69, 9.17) is 11.6 Å². The molecule has 0 aliphatic carbocycles. The molecule has 0 bridgehead atoms. The van der Waals surface area contributed by atoms with Crippen LogP contribution in [0.25, 0.3) is 0 Å². The fourth-order valence-electron chi connectivity index (χ4n) is 2.10. The van der Waals surface area contributed by atoms with Crippen LogP contribution >= 0.6 is 23.4 Å². The fourth-order valence-corrected chi connectivity index (χ4v) is 2.89. The van der Waals surface area contributed by atoms with Crippen LogP contribution in [0.5, 0.6) is 0 Å². The van der Waals surface area contributed by atoms with Gasteiger partial charge in [0.15, 0.2) is 0 Å². The van der Waals surface area contributed by atoms with Crippen molar-refractivity contribution >= 4 is 23.4 Å². The Labute approximate surface area is 124 Å². The van der Waals surface area contributed by atoms with Gasteiger partial charge < -0.3 is 5.32 Å². The zero-order chi connectivity index (χ0) is 13.7. The maximum Gasteiger partial charge on any atom is 0.0574 e. The van der Waals surface area contributed by atoms with E-state index < -0.39 is 0 Å². The van der Waals surface area contributed by atoms with Crippen LogP contribution in [0, 0.1) is 0 Å². The van der Waals surface area contributed by atoms with Crippen molar-refractivity contribution in [1.29, 1.82) is 0 Å². The van der Waals surface area contributed by atoms with Gasteiger partial charge in [-0.1, -0.05) is 42.8 Å². The number of benzene rings is 2. The smallest absolute Gasteiger partial charge is 0.0574 e. The summed E-state index contributed by atoms with van der Waals surface area (Å²) in [5.74, 6) is 1.10. The largest absolute Gasteiger partial charge is 0.309 e. The lowest BCUT2D eigenvalue weighted by Gasteiger charge is -2.17. The molecule has 2 rings (SSSR count). The number of hydrogen-bond donors (Lipinski definition) is 1. The summed E-state index contributed by atoms with van der Waals surface area (Å²) >= 11 is 7.80. The first kappa shape index (κ1) is 14.4. The average Bonchev–Trinajstić information content (AvgIpc) is 2.44. The summed E-state index contributed by atoms with van der Waals surface area (Å²) in [6.45, 7) is 2.17. The van der Waals surface area contributed by atoms with Gasteiger partial charge in [-0.05, 0) is 48.2 Å². The maximum absolute atomic E-state index is 5.94. The summed E-state index contributed by atoms with van der Waals surface area (Å²) in [6.07, 6.45) is 0. The van der Waals surface area contributed by atoms with Crippen LogP contribution in [0.15, 0.2) is 53.4 Å². The molecular formula is C16H18ClNS. The molecule has 0 spiro atoms. The van der Waals surface area contributed by atoms with E-state index in [-0.39, 0.29) is 6.04 Å². The van der Waals surface area contributed by atoms with E-state index in [2.05, 4.69) is 48.6 Å². The third-order valence-electron chi connectivity index (χ3n) is 3.02. The molecule has 2 aromatic rings. The summed E-state index contributed by atoms with van der Waals surface area (Å²) in [5, 5.41) is 4.13. The molecule has 0 radical (unpaired) electrons. The maximum atomic E-state index is 5.94. The number of nitrogens with one attached hydrogen (secondary N) is 1. The molecule has 1 nitrogen and oxygen atoms in total. The van der Waals surface area contributed by atoms with Crippen molar-refractivity contribution in [3.05, 3.63) is 64.7 Å². The highest BCUT2D eigenvalue weighted by molar-refractivity contribution is 7.99. The van der Waals surface area contributed by atoms with Gasteiger partial charge in [0.2, 0.25) is 0 Å². The highest BCUT2D eigenvalue weighted by Gasteiger charge is 2.11. The van der Waals surface area contributed by atoms with Gasteiger partial charge in [-0.15, -0.1) is 11.8 Å². The minimum Gasteiger partial charge on any atom is -0.309 e. The number of thioether (sulfide) groups is 1. The van der Waals surface area contributed by atoms with Gasteiger partial charge in [-0.2, -0.15) is 0 Å². The van der Waals surface area contributed by atoms with E-state index >= 15 is 0 Å². The first-order chi connectivity index (χ1) is 9.24. The Bertz CT molecular complexity index is 507. The summed E-state index contributed by atoms with van der Waals surface area (Å²) in [5.41, 5.74) is 2.49. The van der Waals surface area contributed by atoms with E-state index in [0.29, 0.717) is 0 Å². The molecule has 100 valence electrons. The summed E-state index contributed by atoms with van der Waals surface area (Å²) < 4.78 is 0. The van der Waals surface area contributed by atoms with E-state index in [1.807, 2.05) is 30.9 Å². The van der Waals surface area contributed by atoms with Crippen LogP contribution in [-0.2, 0) is 0 Å². The minimum atomic E-state index is 0.206. The van der Waals surface area contributed by atoms with Gasteiger partial charge in [0, 0.05) is 9.92 Å². The number of halogens is 1. The fraction of sp³-hybridized carbons (Fsp3) is 0.250. The number of hydrogen-bond acceptors (Lipinski definition) is 2. The summed E-state index contributed by atoms with van der Waals surface area (Å²) in [7, 11) is 1.98. The molecular weight excluding hydrogens is 274 g/mol. The van der Waals surface area contributed by atoms with Gasteiger partial charge in [-0.3, -0.25) is 0 Å². The van der Waals surface area contributed by atoms with Crippen molar-refractivity contribution in [1.82, 2.24) is 5.32 Å². The van der Waals surface area contributed by atoms with Crippen LogP contribution in [0.1, 0.15) is 24.1 Å².